The third-order valence-corrected chi connectivity index (χ3v) is 4.64. The van der Waals surface area contributed by atoms with Crippen LogP contribution in [0.25, 0.3) is 0 Å². The van der Waals surface area contributed by atoms with E-state index in [0.717, 1.165) is 13.1 Å². The first-order valence-corrected chi connectivity index (χ1v) is 7.21. The van der Waals surface area contributed by atoms with Crippen LogP contribution in [0.2, 0.25) is 5.02 Å². The van der Waals surface area contributed by atoms with Crippen molar-refractivity contribution in [2.45, 2.75) is 25.7 Å². The van der Waals surface area contributed by atoms with Gasteiger partial charge >= 0.3 is 5.69 Å². The third kappa shape index (κ3) is 2.41. The maximum absolute atomic E-state index is 11.2. The number of nitro groups is 1. The van der Waals surface area contributed by atoms with Gasteiger partial charge in [0.2, 0.25) is 0 Å². The molecule has 1 heterocycles. The summed E-state index contributed by atoms with van der Waals surface area (Å²) < 4.78 is 0. The van der Waals surface area contributed by atoms with Crippen molar-refractivity contribution in [1.29, 1.82) is 0 Å². The minimum absolute atomic E-state index is 0.0594. The van der Waals surface area contributed by atoms with Crippen LogP contribution in [-0.2, 0) is 0 Å². The van der Waals surface area contributed by atoms with Gasteiger partial charge in [-0.25, -0.2) is 0 Å². The number of anilines is 1. The topological polar surface area (TPSA) is 46.4 Å². The van der Waals surface area contributed by atoms with Crippen LogP contribution in [0, 0.1) is 22.0 Å². The number of nitro benzene ring substituents is 1. The maximum Gasteiger partial charge on any atom is 0.310 e. The molecular formula is C14H17ClN2O2. The van der Waals surface area contributed by atoms with Crippen LogP contribution < -0.4 is 4.90 Å². The van der Waals surface area contributed by atoms with Gasteiger partial charge in [-0.3, -0.25) is 10.1 Å². The molecule has 0 radical (unpaired) electrons. The van der Waals surface area contributed by atoms with Crippen LogP contribution in [-0.4, -0.2) is 18.0 Å². The van der Waals surface area contributed by atoms with Crippen molar-refractivity contribution in [2.24, 2.45) is 11.8 Å². The van der Waals surface area contributed by atoms with E-state index >= 15 is 0 Å². The maximum atomic E-state index is 11.2. The van der Waals surface area contributed by atoms with Crippen molar-refractivity contribution in [3.63, 3.8) is 0 Å². The number of hydrogen-bond donors (Lipinski definition) is 0. The molecule has 1 aromatic carbocycles. The normalized spacial score (nSPS) is 26.3. The average Bonchev–Trinajstić information content (AvgIpc) is 2.37. The molecular weight excluding hydrogens is 264 g/mol. The molecule has 0 spiro atoms. The summed E-state index contributed by atoms with van der Waals surface area (Å²) >= 11 is 6.00. The number of fused-ring (bicyclic) bond motifs is 2. The van der Waals surface area contributed by atoms with Gasteiger partial charge in [-0.05, 0) is 43.2 Å². The molecule has 1 aliphatic heterocycles. The van der Waals surface area contributed by atoms with Gasteiger partial charge in [0.25, 0.3) is 0 Å². The summed E-state index contributed by atoms with van der Waals surface area (Å²) in [5, 5.41) is 11.5. The van der Waals surface area contributed by atoms with E-state index in [9.17, 15) is 10.1 Å². The smallest absolute Gasteiger partial charge is 0.310 e. The Labute approximate surface area is 117 Å². The van der Waals surface area contributed by atoms with Gasteiger partial charge in [0, 0.05) is 13.1 Å². The number of nitrogens with zero attached hydrogens (tertiary/aromatic N) is 2. The minimum atomic E-state index is -0.359. The van der Waals surface area contributed by atoms with Gasteiger partial charge in [-0.1, -0.05) is 24.1 Å². The second-order valence-electron chi connectivity index (χ2n) is 5.67. The second kappa shape index (κ2) is 5.00. The fourth-order valence-electron chi connectivity index (χ4n) is 3.57. The van der Waals surface area contributed by atoms with Gasteiger partial charge in [-0.2, -0.15) is 0 Å². The van der Waals surface area contributed by atoms with Crippen LogP contribution >= 0.6 is 11.6 Å². The molecule has 2 aliphatic rings. The summed E-state index contributed by atoms with van der Waals surface area (Å²) in [6, 6.07) is 5.22. The number of benzene rings is 1. The summed E-state index contributed by atoms with van der Waals surface area (Å²) in [7, 11) is 0. The molecule has 1 saturated heterocycles. The summed E-state index contributed by atoms with van der Waals surface area (Å²) in [5.41, 5.74) is 0.748. The van der Waals surface area contributed by atoms with E-state index in [4.69, 9.17) is 11.6 Å². The van der Waals surface area contributed by atoms with E-state index < -0.39 is 0 Å². The van der Waals surface area contributed by atoms with Crippen LogP contribution in [0.5, 0.6) is 0 Å². The van der Waals surface area contributed by atoms with E-state index in [0.29, 0.717) is 17.5 Å². The molecule has 4 nitrogen and oxygen atoms in total. The highest BCUT2D eigenvalue weighted by atomic mass is 35.5. The number of para-hydroxylation sites is 1. The first kappa shape index (κ1) is 12.7. The lowest BCUT2D eigenvalue weighted by Crippen LogP contribution is -2.42. The molecule has 1 saturated carbocycles. The first-order chi connectivity index (χ1) is 9.15. The highest BCUT2D eigenvalue weighted by molar-refractivity contribution is 6.33. The Morgan fingerprint density at radius 2 is 1.95 bits per heavy atom. The standard InChI is InChI=1S/C14H17ClN2O2/c15-12-5-2-6-13(14(12)17(18)19)16-8-10-3-1-4-11(7-10)9-16/h2,5-6,10-11H,1,3-4,7-9H2. The van der Waals surface area contributed by atoms with Gasteiger partial charge in [0.1, 0.15) is 10.7 Å². The molecule has 3 rings (SSSR count). The lowest BCUT2D eigenvalue weighted by Gasteiger charge is -2.42. The predicted octanol–water partition coefficient (Wildman–Crippen LogP) is 3.87. The zero-order valence-electron chi connectivity index (χ0n) is 10.7. The molecule has 5 heteroatoms. The summed E-state index contributed by atoms with van der Waals surface area (Å²) in [6.07, 6.45) is 5.09. The van der Waals surface area contributed by atoms with E-state index in [1.807, 2.05) is 6.07 Å². The molecule has 1 aromatic rings. The Kier molecular flexibility index (Phi) is 3.35. The summed E-state index contributed by atoms with van der Waals surface area (Å²) in [6.45, 7) is 1.86. The van der Waals surface area contributed by atoms with E-state index in [1.165, 1.54) is 25.7 Å². The largest absolute Gasteiger partial charge is 0.365 e. The van der Waals surface area contributed by atoms with Crippen LogP contribution in [0.3, 0.4) is 0 Å². The SMILES string of the molecule is O=[N+]([O-])c1c(Cl)cccc1N1CC2CCCC(C2)C1. The predicted molar refractivity (Wildman–Crippen MR) is 75.8 cm³/mol. The number of rotatable bonds is 2. The zero-order valence-corrected chi connectivity index (χ0v) is 11.5. The van der Waals surface area contributed by atoms with Crippen LogP contribution in [0.15, 0.2) is 18.2 Å². The molecule has 1 aliphatic carbocycles. The Morgan fingerprint density at radius 1 is 1.26 bits per heavy atom. The Balaban J connectivity index is 1.94. The van der Waals surface area contributed by atoms with E-state index in [1.54, 1.807) is 12.1 Å². The highest BCUT2D eigenvalue weighted by Crippen LogP contribution is 2.41. The molecule has 0 amide bonds. The molecule has 2 unspecified atom stereocenters. The first-order valence-electron chi connectivity index (χ1n) is 6.83. The number of piperidine rings is 1. The second-order valence-corrected chi connectivity index (χ2v) is 6.08. The van der Waals surface area contributed by atoms with Crippen molar-refractivity contribution in [2.75, 3.05) is 18.0 Å². The molecule has 2 atom stereocenters. The molecule has 102 valence electrons. The fourth-order valence-corrected chi connectivity index (χ4v) is 3.81. The van der Waals surface area contributed by atoms with Crippen molar-refractivity contribution in [1.82, 2.24) is 0 Å². The summed E-state index contributed by atoms with van der Waals surface area (Å²) in [4.78, 5) is 13.0. The zero-order chi connectivity index (χ0) is 13.4. The highest BCUT2D eigenvalue weighted by Gasteiger charge is 2.33. The van der Waals surface area contributed by atoms with Gasteiger partial charge in [-0.15, -0.1) is 0 Å². The van der Waals surface area contributed by atoms with Gasteiger partial charge in [0.05, 0.1) is 4.92 Å². The average molecular weight is 281 g/mol. The Hall–Kier alpha value is -1.29. The minimum Gasteiger partial charge on any atom is -0.365 e. The lowest BCUT2D eigenvalue weighted by atomic mass is 9.78. The van der Waals surface area contributed by atoms with Crippen molar-refractivity contribution in [3.05, 3.63) is 33.3 Å². The van der Waals surface area contributed by atoms with Crippen LogP contribution in [0.1, 0.15) is 25.7 Å². The molecule has 19 heavy (non-hydrogen) atoms. The Morgan fingerprint density at radius 3 is 2.58 bits per heavy atom. The lowest BCUT2D eigenvalue weighted by molar-refractivity contribution is -0.384. The molecule has 0 N–H and O–H groups in total. The molecule has 2 bridgehead atoms. The van der Waals surface area contributed by atoms with Crippen molar-refractivity contribution in [3.8, 4) is 0 Å². The van der Waals surface area contributed by atoms with Gasteiger partial charge in [0.15, 0.2) is 0 Å². The Bertz CT molecular complexity index is 494. The summed E-state index contributed by atoms with van der Waals surface area (Å²) in [5.74, 6) is 1.37. The fraction of sp³-hybridized carbons (Fsp3) is 0.571. The van der Waals surface area contributed by atoms with E-state index in [2.05, 4.69) is 4.90 Å². The van der Waals surface area contributed by atoms with Gasteiger partial charge < -0.3 is 4.90 Å². The third-order valence-electron chi connectivity index (χ3n) is 4.34. The number of halogens is 1. The molecule has 0 aromatic heterocycles. The quantitative estimate of drug-likeness (QED) is 0.610. The van der Waals surface area contributed by atoms with Crippen molar-refractivity contribution >= 4 is 23.0 Å². The molecule has 2 fully saturated rings. The number of hydrogen-bond acceptors (Lipinski definition) is 3. The van der Waals surface area contributed by atoms with E-state index in [-0.39, 0.29) is 15.6 Å². The monoisotopic (exact) mass is 280 g/mol. The van der Waals surface area contributed by atoms with Crippen molar-refractivity contribution < 1.29 is 4.92 Å². The van der Waals surface area contributed by atoms with Crippen LogP contribution in [0.4, 0.5) is 11.4 Å².